The first-order valence-corrected chi connectivity index (χ1v) is 5.74. The summed E-state index contributed by atoms with van der Waals surface area (Å²) in [5.74, 6) is 2.02. The summed E-state index contributed by atoms with van der Waals surface area (Å²) in [6, 6.07) is 0.334. The lowest BCUT2D eigenvalue weighted by Gasteiger charge is -2.06. The maximum absolute atomic E-state index is 5.31. The first-order chi connectivity index (χ1) is 8.72. The second-order valence-electron chi connectivity index (χ2n) is 3.67. The lowest BCUT2D eigenvalue weighted by Crippen LogP contribution is -2.09. The second kappa shape index (κ2) is 5.44. The fourth-order valence-corrected chi connectivity index (χ4v) is 1.49. The third-order valence-electron chi connectivity index (χ3n) is 2.40. The number of hydrogen-bond acceptors (Lipinski definition) is 6. The topological polar surface area (TPSA) is 77.8 Å². The number of anilines is 1. The van der Waals surface area contributed by atoms with E-state index < -0.39 is 0 Å². The van der Waals surface area contributed by atoms with Crippen LogP contribution in [0.25, 0.3) is 0 Å². The Morgan fingerprint density at radius 3 is 2.78 bits per heavy atom. The molecule has 0 fully saturated rings. The van der Waals surface area contributed by atoms with E-state index in [1.165, 1.54) is 0 Å². The Bertz CT molecular complexity index is 524. The van der Waals surface area contributed by atoms with E-state index in [1.807, 2.05) is 24.7 Å². The summed E-state index contributed by atoms with van der Waals surface area (Å²) in [6.07, 6.45) is 4.18. The quantitative estimate of drug-likeness (QED) is 0.836. The monoisotopic (exact) mass is 248 g/mol. The van der Waals surface area contributed by atoms with Gasteiger partial charge < -0.3 is 14.6 Å². The Labute approximate surface area is 105 Å². The van der Waals surface area contributed by atoms with Crippen molar-refractivity contribution in [3.63, 3.8) is 0 Å². The largest absolute Gasteiger partial charge is 0.464 e. The van der Waals surface area contributed by atoms with Crippen molar-refractivity contribution in [2.24, 2.45) is 7.05 Å². The predicted octanol–water partition coefficient (Wildman–Crippen LogP) is 0.636. The van der Waals surface area contributed by atoms with Crippen LogP contribution in [-0.4, -0.2) is 38.2 Å². The normalized spacial score (nSPS) is 10.4. The van der Waals surface area contributed by atoms with Gasteiger partial charge in [-0.3, -0.25) is 0 Å². The highest BCUT2D eigenvalue weighted by atomic mass is 16.5. The van der Waals surface area contributed by atoms with Gasteiger partial charge in [0.1, 0.15) is 11.6 Å². The number of ether oxygens (including phenoxy) is 1. The molecule has 0 spiro atoms. The smallest absolute Gasteiger partial charge is 0.321 e. The molecule has 0 aliphatic rings. The molecule has 0 aliphatic carbocycles. The van der Waals surface area contributed by atoms with Crippen molar-refractivity contribution >= 4 is 5.95 Å². The molecule has 0 saturated heterocycles. The van der Waals surface area contributed by atoms with Crippen molar-refractivity contribution < 1.29 is 4.74 Å². The molecule has 2 aromatic rings. The zero-order valence-electron chi connectivity index (χ0n) is 10.7. The Morgan fingerprint density at radius 2 is 2.17 bits per heavy atom. The Balaban J connectivity index is 2.26. The molecule has 7 nitrogen and oxygen atoms in total. The molecule has 0 bridgehead atoms. The number of nitrogens with zero attached hydrogens (tertiary/aromatic N) is 5. The van der Waals surface area contributed by atoms with Crippen LogP contribution in [-0.2, 0) is 13.5 Å². The van der Waals surface area contributed by atoms with Gasteiger partial charge in [0.25, 0.3) is 0 Å². The second-order valence-corrected chi connectivity index (χ2v) is 3.67. The van der Waals surface area contributed by atoms with E-state index in [-0.39, 0.29) is 0 Å². The number of imidazole rings is 1. The number of rotatable bonds is 5. The van der Waals surface area contributed by atoms with Crippen LogP contribution in [0.1, 0.15) is 18.6 Å². The maximum Gasteiger partial charge on any atom is 0.321 e. The van der Waals surface area contributed by atoms with Crippen LogP contribution >= 0.6 is 0 Å². The summed E-state index contributed by atoms with van der Waals surface area (Å²) in [5.41, 5.74) is 0. The third kappa shape index (κ3) is 2.73. The van der Waals surface area contributed by atoms with Gasteiger partial charge in [0, 0.05) is 26.5 Å². The lowest BCUT2D eigenvalue weighted by atomic mass is 10.4. The molecule has 96 valence electrons. The minimum atomic E-state index is 0.334. The summed E-state index contributed by atoms with van der Waals surface area (Å²) < 4.78 is 7.24. The zero-order chi connectivity index (χ0) is 13.0. The number of aryl methyl sites for hydroxylation is 1. The van der Waals surface area contributed by atoms with Crippen molar-refractivity contribution in [1.82, 2.24) is 24.5 Å². The molecule has 1 N–H and O–H groups in total. The van der Waals surface area contributed by atoms with Crippen LogP contribution in [0.15, 0.2) is 12.4 Å². The molecule has 0 aliphatic heterocycles. The standard InChI is InChI=1S/C11H16N6O/c1-4-18-11-15-8(14-10(12-2)16-11)7-9-13-5-6-17(9)3/h5-6H,4,7H2,1-3H3,(H,12,14,15,16). The van der Waals surface area contributed by atoms with Gasteiger partial charge in [-0.25, -0.2) is 4.98 Å². The third-order valence-corrected chi connectivity index (χ3v) is 2.40. The van der Waals surface area contributed by atoms with Gasteiger partial charge >= 0.3 is 6.01 Å². The molecule has 2 aromatic heterocycles. The van der Waals surface area contributed by atoms with Crippen molar-refractivity contribution in [3.05, 3.63) is 24.0 Å². The predicted molar refractivity (Wildman–Crippen MR) is 66.6 cm³/mol. The van der Waals surface area contributed by atoms with Crippen molar-refractivity contribution in [2.75, 3.05) is 19.0 Å². The van der Waals surface area contributed by atoms with Gasteiger partial charge in [-0.2, -0.15) is 15.0 Å². The zero-order valence-corrected chi connectivity index (χ0v) is 10.7. The van der Waals surface area contributed by atoms with Crippen molar-refractivity contribution in [2.45, 2.75) is 13.3 Å². The molecular formula is C11H16N6O. The molecule has 7 heteroatoms. The summed E-state index contributed by atoms with van der Waals surface area (Å²) in [4.78, 5) is 16.9. The Kier molecular flexibility index (Phi) is 3.71. The lowest BCUT2D eigenvalue weighted by molar-refractivity contribution is 0.310. The van der Waals surface area contributed by atoms with E-state index >= 15 is 0 Å². The van der Waals surface area contributed by atoms with Gasteiger partial charge in [0.2, 0.25) is 5.95 Å². The average molecular weight is 248 g/mol. The van der Waals surface area contributed by atoms with E-state index in [2.05, 4.69) is 25.3 Å². The minimum absolute atomic E-state index is 0.334. The van der Waals surface area contributed by atoms with E-state index in [4.69, 9.17) is 4.74 Å². The van der Waals surface area contributed by atoms with Crippen molar-refractivity contribution in [3.8, 4) is 6.01 Å². The summed E-state index contributed by atoms with van der Waals surface area (Å²) in [5, 5.41) is 2.89. The van der Waals surface area contributed by atoms with Crippen LogP contribution in [0.2, 0.25) is 0 Å². The van der Waals surface area contributed by atoms with E-state index in [0.29, 0.717) is 30.8 Å². The van der Waals surface area contributed by atoms with E-state index in [9.17, 15) is 0 Å². The van der Waals surface area contributed by atoms with Crippen LogP contribution in [0.3, 0.4) is 0 Å². The highest BCUT2D eigenvalue weighted by Gasteiger charge is 2.09. The fraction of sp³-hybridized carbons (Fsp3) is 0.455. The number of nitrogens with one attached hydrogen (secondary N) is 1. The average Bonchev–Trinajstić information content (AvgIpc) is 2.75. The molecular weight excluding hydrogens is 232 g/mol. The molecule has 18 heavy (non-hydrogen) atoms. The van der Waals surface area contributed by atoms with Gasteiger partial charge in [-0.15, -0.1) is 0 Å². The molecule has 0 unspecified atom stereocenters. The van der Waals surface area contributed by atoms with E-state index in [0.717, 1.165) is 5.82 Å². The first-order valence-electron chi connectivity index (χ1n) is 5.74. The van der Waals surface area contributed by atoms with Crippen LogP contribution < -0.4 is 10.1 Å². The maximum atomic E-state index is 5.31. The highest BCUT2D eigenvalue weighted by molar-refractivity contribution is 5.25. The van der Waals surface area contributed by atoms with E-state index in [1.54, 1.807) is 13.2 Å². The highest BCUT2D eigenvalue weighted by Crippen LogP contribution is 2.10. The SMILES string of the molecule is CCOc1nc(Cc2nccn2C)nc(NC)n1. The Hall–Kier alpha value is -2.18. The fourth-order valence-electron chi connectivity index (χ4n) is 1.49. The molecule has 0 radical (unpaired) electrons. The summed E-state index contributed by atoms with van der Waals surface area (Å²) in [7, 11) is 3.70. The van der Waals surface area contributed by atoms with Crippen molar-refractivity contribution in [1.29, 1.82) is 0 Å². The van der Waals surface area contributed by atoms with Gasteiger partial charge in [-0.1, -0.05) is 0 Å². The molecule has 2 heterocycles. The Morgan fingerprint density at radius 1 is 1.33 bits per heavy atom. The number of aromatic nitrogens is 5. The molecule has 2 rings (SSSR count). The first kappa shape index (κ1) is 12.3. The van der Waals surface area contributed by atoms with Crippen LogP contribution in [0.5, 0.6) is 6.01 Å². The van der Waals surface area contributed by atoms with Gasteiger partial charge in [0.05, 0.1) is 13.0 Å². The summed E-state index contributed by atoms with van der Waals surface area (Å²) >= 11 is 0. The summed E-state index contributed by atoms with van der Waals surface area (Å²) in [6.45, 7) is 2.41. The van der Waals surface area contributed by atoms with Gasteiger partial charge in [0.15, 0.2) is 0 Å². The number of hydrogen-bond donors (Lipinski definition) is 1. The van der Waals surface area contributed by atoms with Gasteiger partial charge in [-0.05, 0) is 6.92 Å². The molecule has 0 aromatic carbocycles. The molecule has 0 amide bonds. The van der Waals surface area contributed by atoms with Crippen LogP contribution in [0.4, 0.5) is 5.95 Å². The minimum Gasteiger partial charge on any atom is -0.464 e. The molecule has 0 saturated carbocycles. The van der Waals surface area contributed by atoms with Crippen LogP contribution in [0, 0.1) is 0 Å². The molecule has 0 atom stereocenters.